The molecule has 129 heavy (non-hydrogen) atoms. The molecule has 3 aliphatic carbocycles. The van der Waals surface area contributed by atoms with Gasteiger partial charge in [-0.2, -0.15) is 0 Å². The topological polar surface area (TPSA) is 316 Å². The Labute approximate surface area is 735 Å². The molecule has 0 spiro atoms. The molecule has 1 saturated heterocycles. The largest absolute Gasteiger partial charge is 0.397 e. The molecular weight excluding hydrogens is 1670 g/mol. The molecule has 7 heterocycles. The number of likely N-dealkylation sites (tertiary alicyclic amines) is 1. The van der Waals surface area contributed by atoms with Gasteiger partial charge in [0.2, 0.25) is 0 Å². The summed E-state index contributed by atoms with van der Waals surface area (Å²) in [7, 11) is 3.77. The maximum absolute atomic E-state index is 13.0. The van der Waals surface area contributed by atoms with E-state index >= 15 is 0 Å². The number of nitrogen functional groups attached to an aromatic ring is 1. The number of H-pyrrole nitrogens is 1. The highest BCUT2D eigenvalue weighted by Crippen LogP contribution is 2.45. The minimum absolute atomic E-state index is 0.00525. The number of aromatic nitrogens is 4. The monoisotopic (exact) mass is 1760 g/mol. The van der Waals surface area contributed by atoms with Crippen LogP contribution in [0.4, 0.5) is 57.9 Å². The van der Waals surface area contributed by atoms with Crippen molar-refractivity contribution >= 4 is 46.4 Å². The van der Waals surface area contributed by atoms with Gasteiger partial charge in [-0.05, 0) is 279 Å². The molecule has 14 aromatic rings. The lowest BCUT2D eigenvalue weighted by molar-refractivity contribution is -0.385. The summed E-state index contributed by atoms with van der Waals surface area (Å²) in [5.74, 6) is -1.69. The fourth-order valence-electron chi connectivity index (χ4n) is 15.8. The van der Waals surface area contributed by atoms with Gasteiger partial charge in [-0.1, -0.05) is 72.8 Å². The standard InChI is InChI=1S/2C18H14FNO2.C11H9FN2O2.C11H15FN2.2C10H7FN2O2.C10H9FN2.C10H12FN/c2*19-13-7-5-11(6-8-13)12-9-14(10-12)20-17(21)15-3-1-2-4-16(15)18(20)22;1-13-7-10(14(15)16)6-11(13)8-2-4-9(12)5-3-8;1-14-7-10(13)6-11(14)8-2-4-9(12)5-3-8;11-8-3-1-7(2-4-8)10-5-9(6-12-10)13(14)15;11-8-1-3-9(4-2-8)12-6-5-10(7-12)13(14)15;11-8-1-3-10(4-2-8)13-6-5-9(12)7-13;11-9-3-1-7(2-4-9)8-5-10(12)6-8/h2*1-8,12,14H,9-10H2;2-7H,1H3;2-5,10-11H,6-7,13H2,1H3;1-6,12H;1-7H;1-7H,12H2;1-4,8,10H,5-6,12H2. The maximum atomic E-state index is 13.0. The Balaban J connectivity index is 0.000000127. The van der Waals surface area contributed by atoms with Crippen molar-refractivity contribution in [3.05, 3.63) is 425 Å². The molecule has 20 rings (SSSR count). The van der Waals surface area contributed by atoms with Gasteiger partial charge >= 0.3 is 0 Å². The van der Waals surface area contributed by atoms with Crippen molar-refractivity contribution in [3.8, 4) is 33.9 Å². The molecule has 23 nitrogen and oxygen atoms in total. The van der Waals surface area contributed by atoms with Crippen LogP contribution in [0.15, 0.2) is 304 Å². The van der Waals surface area contributed by atoms with E-state index in [1.54, 1.807) is 156 Å². The summed E-state index contributed by atoms with van der Waals surface area (Å²) in [5.41, 5.74) is 28.6. The summed E-state index contributed by atoms with van der Waals surface area (Å²) in [6.07, 6.45) is 15.3. The van der Waals surface area contributed by atoms with Crippen molar-refractivity contribution in [2.45, 2.75) is 92.9 Å². The van der Waals surface area contributed by atoms with E-state index in [1.165, 1.54) is 149 Å². The van der Waals surface area contributed by atoms with E-state index < -0.39 is 14.8 Å². The number of carbonyl (C=O) groups excluding carboxylic acids is 4. The second-order valence-electron chi connectivity index (χ2n) is 31.6. The van der Waals surface area contributed by atoms with Gasteiger partial charge in [-0.15, -0.1) is 0 Å². The molecule has 31 heteroatoms. The lowest BCUT2D eigenvalue weighted by Crippen LogP contribution is -2.46. The second kappa shape index (κ2) is 41.4. The van der Waals surface area contributed by atoms with Gasteiger partial charge in [0.05, 0.1) is 67.0 Å². The van der Waals surface area contributed by atoms with Gasteiger partial charge in [0, 0.05) is 97.7 Å². The van der Waals surface area contributed by atoms with Crippen molar-refractivity contribution in [1.82, 2.24) is 33.4 Å². The number of likely N-dealkylation sites (N-methyl/N-ethyl adjacent to an activating group) is 1. The zero-order chi connectivity index (χ0) is 91.9. The summed E-state index contributed by atoms with van der Waals surface area (Å²) in [5, 5.41) is 31.4. The highest BCUT2D eigenvalue weighted by atomic mass is 19.2. The number of aromatic amines is 1. The lowest BCUT2D eigenvalue weighted by atomic mass is 9.75. The van der Waals surface area contributed by atoms with E-state index in [0.29, 0.717) is 68.6 Å². The summed E-state index contributed by atoms with van der Waals surface area (Å²) in [4.78, 5) is 87.3. The molecule has 0 radical (unpaired) electrons. The van der Waals surface area contributed by atoms with Crippen molar-refractivity contribution in [2.75, 3.05) is 19.3 Å². The number of nitrogens with one attached hydrogen (secondary N) is 1. The summed E-state index contributed by atoms with van der Waals surface area (Å²) < 4.78 is 107. The van der Waals surface area contributed by atoms with Gasteiger partial charge in [0.25, 0.3) is 40.7 Å². The number of hydrogen-bond acceptors (Lipinski definition) is 14. The third-order valence-electron chi connectivity index (χ3n) is 22.9. The van der Waals surface area contributed by atoms with Crippen molar-refractivity contribution in [3.63, 3.8) is 0 Å². The van der Waals surface area contributed by atoms with Crippen LogP contribution in [0.1, 0.15) is 132 Å². The van der Waals surface area contributed by atoms with Crippen LogP contribution in [0.25, 0.3) is 33.9 Å². The first kappa shape index (κ1) is 91.6. The normalized spacial score (nSPS) is 18.4. The van der Waals surface area contributed by atoms with Crippen LogP contribution < -0.4 is 17.2 Å². The zero-order valence-electron chi connectivity index (χ0n) is 69.5. The van der Waals surface area contributed by atoms with E-state index in [2.05, 4.69) is 16.9 Å². The van der Waals surface area contributed by atoms with E-state index in [9.17, 15) is 84.6 Å². The minimum Gasteiger partial charge on any atom is -0.397 e. The molecule has 6 aliphatic rings. The molecule has 4 aromatic heterocycles. The number of amides is 4. The van der Waals surface area contributed by atoms with Gasteiger partial charge in [0.15, 0.2) is 0 Å². The van der Waals surface area contributed by atoms with Gasteiger partial charge in [0.1, 0.15) is 46.5 Å². The number of carbonyl (C=O) groups is 4. The Kier molecular flexibility index (Phi) is 29.4. The minimum atomic E-state index is -0.483. The quantitative estimate of drug-likeness (QED) is 0.0361. The van der Waals surface area contributed by atoms with Crippen molar-refractivity contribution < 1.29 is 69.1 Å². The molecule has 10 aromatic carbocycles. The molecular formula is C98H87F8N13O10. The summed E-state index contributed by atoms with van der Waals surface area (Å²) in [6.45, 7) is 0.919. The van der Waals surface area contributed by atoms with Gasteiger partial charge in [-0.3, -0.25) is 64.2 Å². The number of hydrogen-bond donors (Lipinski definition) is 4. The molecule has 7 N–H and O–H groups in total. The fraction of sp³-hybridized carbons (Fsp3) is 0.184. The van der Waals surface area contributed by atoms with Crippen molar-refractivity contribution in [1.29, 1.82) is 0 Å². The molecule has 3 aliphatic heterocycles. The molecule has 660 valence electrons. The van der Waals surface area contributed by atoms with Crippen LogP contribution in [0.5, 0.6) is 0 Å². The van der Waals surface area contributed by atoms with E-state index in [1.807, 2.05) is 35.0 Å². The van der Waals surface area contributed by atoms with Crippen LogP contribution in [0, 0.1) is 76.9 Å². The Morgan fingerprint density at radius 3 is 1.03 bits per heavy atom. The molecule has 0 bridgehead atoms. The first-order chi connectivity index (χ1) is 61.9. The smallest absolute Gasteiger partial charge is 0.287 e. The van der Waals surface area contributed by atoms with Crippen LogP contribution >= 0.6 is 0 Å². The van der Waals surface area contributed by atoms with E-state index in [4.69, 9.17) is 17.2 Å². The van der Waals surface area contributed by atoms with Crippen molar-refractivity contribution in [2.24, 2.45) is 18.5 Å². The Morgan fingerprint density at radius 2 is 0.705 bits per heavy atom. The first-order valence-corrected chi connectivity index (χ1v) is 41.0. The second-order valence-corrected chi connectivity index (χ2v) is 31.6. The average molecular weight is 1760 g/mol. The predicted molar refractivity (Wildman–Crippen MR) is 472 cm³/mol. The molecule has 2 unspecified atom stereocenters. The molecule has 3 saturated carbocycles. The lowest BCUT2D eigenvalue weighted by Gasteiger charge is -2.40. The number of imide groups is 2. The fourth-order valence-corrected chi connectivity index (χ4v) is 15.8. The number of aryl methyl sites for hydroxylation is 1. The van der Waals surface area contributed by atoms with Crippen LogP contribution in [-0.2, 0) is 7.05 Å². The van der Waals surface area contributed by atoms with Crippen LogP contribution in [0.2, 0.25) is 0 Å². The van der Waals surface area contributed by atoms with Gasteiger partial charge in [-0.25, -0.2) is 35.1 Å². The number of nitrogens with two attached hydrogens (primary N) is 3. The third-order valence-corrected chi connectivity index (χ3v) is 22.9. The SMILES string of the molecule is CN1CC(N)CC1c1ccc(F)cc1.Cn1cc([N+](=O)[O-])cc1-c1ccc(F)cc1.NC1CC(c2ccc(F)cc2)C1.Nc1ccn(-c2ccc(F)cc2)c1.O=C1c2ccccc2C(=O)N1C1CC(c2ccc(F)cc2)C1.O=C1c2ccccc2C(=O)N1C1CC(c2ccc(F)cc2)C1.O=[N+]([O-])c1c[nH]c(-c2ccc(F)cc2)c1.O=[N+]([O-])c1ccn(-c2ccc(F)cc2)c1. The first-order valence-electron chi connectivity index (χ1n) is 41.0. The average Bonchev–Trinajstić information content (AvgIpc) is 1.49. The summed E-state index contributed by atoms with van der Waals surface area (Å²) in [6, 6.07) is 70.7. The number of halogens is 8. The highest BCUT2D eigenvalue weighted by molar-refractivity contribution is 6.22. The number of rotatable bonds is 13. The summed E-state index contributed by atoms with van der Waals surface area (Å²) >= 11 is 0. The Morgan fingerprint density at radius 1 is 0.364 bits per heavy atom. The third kappa shape index (κ3) is 23.0. The number of benzene rings is 10. The maximum Gasteiger partial charge on any atom is 0.287 e. The highest BCUT2D eigenvalue weighted by Gasteiger charge is 2.47. The number of anilines is 1. The van der Waals surface area contributed by atoms with Crippen LogP contribution in [0.3, 0.4) is 0 Å². The Hall–Kier alpha value is -15.1. The Bertz CT molecular complexity index is 5960. The van der Waals surface area contributed by atoms with Gasteiger partial charge < -0.3 is 35.9 Å². The zero-order valence-corrected chi connectivity index (χ0v) is 69.5. The molecule has 4 fully saturated rings. The molecule has 4 amide bonds. The number of nitrogens with zero attached hydrogens (tertiary/aromatic N) is 9. The molecule has 2 atom stereocenters. The predicted octanol–water partition coefficient (Wildman–Crippen LogP) is 20.5. The van der Waals surface area contributed by atoms with E-state index in [0.717, 1.165) is 79.4 Å². The number of fused-ring (bicyclic) bond motifs is 2. The number of nitro groups is 3. The van der Waals surface area contributed by atoms with Crippen LogP contribution in [-0.4, -0.2) is 110 Å². The van der Waals surface area contributed by atoms with E-state index in [-0.39, 0.29) is 117 Å².